The maximum Gasteiger partial charge on any atom is 0.275 e. The summed E-state index contributed by atoms with van der Waals surface area (Å²) in [5.74, 6) is 2.85. The highest BCUT2D eigenvalue weighted by molar-refractivity contribution is 5.97. The van der Waals surface area contributed by atoms with Crippen LogP contribution in [0.1, 0.15) is 38.2 Å². The zero-order chi connectivity index (χ0) is 19.6. The Morgan fingerprint density at radius 1 is 1.00 bits per heavy atom. The molecule has 0 saturated carbocycles. The molecule has 2 aromatic rings. The quantitative estimate of drug-likeness (QED) is 0.802. The molecule has 2 aliphatic rings. The Balaban J connectivity index is 1.75. The lowest BCUT2D eigenvalue weighted by Gasteiger charge is -2.29. The molecule has 2 aliphatic heterocycles. The number of aliphatic hydroxyl groups is 1. The van der Waals surface area contributed by atoms with Gasteiger partial charge >= 0.3 is 0 Å². The smallest absolute Gasteiger partial charge is 0.275 e. The summed E-state index contributed by atoms with van der Waals surface area (Å²) >= 11 is 0. The third-order valence-corrected chi connectivity index (χ3v) is 5.69. The van der Waals surface area contributed by atoms with Crippen molar-refractivity contribution in [1.82, 2.24) is 0 Å². The fourth-order valence-electron chi connectivity index (χ4n) is 4.32. The second-order valence-electron chi connectivity index (χ2n) is 7.46. The Bertz CT molecular complexity index is 845. The molecule has 0 bridgehead atoms. The summed E-state index contributed by atoms with van der Waals surface area (Å²) in [6.45, 7) is 4.17. The van der Waals surface area contributed by atoms with E-state index in [0.29, 0.717) is 13.2 Å². The Morgan fingerprint density at radius 3 is 2.39 bits per heavy atom. The van der Waals surface area contributed by atoms with E-state index in [1.54, 1.807) is 7.11 Å². The number of ether oxygens (including phenoxy) is 2. The molecule has 0 amide bonds. The van der Waals surface area contributed by atoms with Crippen LogP contribution >= 0.6 is 0 Å². The lowest BCUT2D eigenvalue weighted by Crippen LogP contribution is -2.47. The van der Waals surface area contributed by atoms with Crippen LogP contribution in [0.2, 0.25) is 0 Å². The summed E-state index contributed by atoms with van der Waals surface area (Å²) in [5, 5.41) is 11.9. The summed E-state index contributed by atoms with van der Waals surface area (Å²) < 4.78 is 13.3. The molecule has 148 valence electrons. The van der Waals surface area contributed by atoms with Crippen molar-refractivity contribution in [3.63, 3.8) is 0 Å². The van der Waals surface area contributed by atoms with E-state index in [1.807, 2.05) is 55.5 Å². The van der Waals surface area contributed by atoms with Gasteiger partial charge in [0.15, 0.2) is 6.54 Å². The highest BCUT2D eigenvalue weighted by Crippen LogP contribution is 2.38. The molecular formula is C23H29N2O3+. The van der Waals surface area contributed by atoms with Crippen molar-refractivity contribution in [3.8, 4) is 11.5 Å². The van der Waals surface area contributed by atoms with E-state index in [2.05, 4.69) is 9.48 Å². The first kappa shape index (κ1) is 18.8. The lowest BCUT2D eigenvalue weighted by molar-refractivity contribution is -0.534. The summed E-state index contributed by atoms with van der Waals surface area (Å²) in [5.41, 5.74) is 0.760. The Kier molecular flexibility index (Phi) is 5.27. The topological polar surface area (TPSA) is 44.9 Å². The second kappa shape index (κ2) is 7.84. The maximum atomic E-state index is 11.9. The molecule has 5 nitrogen and oxygen atoms in total. The SMILES string of the molecule is CCOc1ccc([C@]2(O)C[N+]3=C(CCCCC3)N2c2ccc(OC)cc2)cc1. The Labute approximate surface area is 166 Å². The molecule has 0 aromatic heterocycles. The van der Waals surface area contributed by atoms with Crippen LogP contribution in [0.3, 0.4) is 0 Å². The molecule has 1 N–H and O–H groups in total. The molecular weight excluding hydrogens is 352 g/mol. The monoisotopic (exact) mass is 381 g/mol. The van der Waals surface area contributed by atoms with Crippen LogP contribution in [0.25, 0.3) is 0 Å². The van der Waals surface area contributed by atoms with E-state index in [0.717, 1.165) is 42.1 Å². The van der Waals surface area contributed by atoms with Crippen LogP contribution in [-0.2, 0) is 5.72 Å². The van der Waals surface area contributed by atoms with Gasteiger partial charge < -0.3 is 14.6 Å². The van der Waals surface area contributed by atoms with Gasteiger partial charge in [0.25, 0.3) is 11.6 Å². The molecule has 0 radical (unpaired) electrons. The first-order chi connectivity index (χ1) is 13.7. The van der Waals surface area contributed by atoms with Crippen molar-refractivity contribution in [2.45, 2.75) is 38.3 Å². The number of hydrogen-bond acceptors (Lipinski definition) is 4. The van der Waals surface area contributed by atoms with E-state index in [-0.39, 0.29) is 0 Å². The van der Waals surface area contributed by atoms with Gasteiger partial charge in [-0.1, -0.05) is 0 Å². The van der Waals surface area contributed by atoms with Gasteiger partial charge in [-0.3, -0.25) is 4.58 Å². The van der Waals surface area contributed by atoms with Crippen molar-refractivity contribution < 1.29 is 19.2 Å². The molecule has 5 heteroatoms. The zero-order valence-corrected chi connectivity index (χ0v) is 16.7. The molecule has 2 heterocycles. The van der Waals surface area contributed by atoms with Crippen molar-refractivity contribution in [1.29, 1.82) is 0 Å². The van der Waals surface area contributed by atoms with E-state index >= 15 is 0 Å². The van der Waals surface area contributed by atoms with Crippen LogP contribution in [-0.4, -0.2) is 42.3 Å². The average Bonchev–Trinajstić information content (AvgIpc) is 2.85. The van der Waals surface area contributed by atoms with Crippen LogP contribution in [0.15, 0.2) is 48.5 Å². The largest absolute Gasteiger partial charge is 0.497 e. The highest BCUT2D eigenvalue weighted by Gasteiger charge is 2.54. The molecule has 1 atom stereocenters. The molecule has 0 saturated heterocycles. The van der Waals surface area contributed by atoms with E-state index in [4.69, 9.17) is 9.47 Å². The third kappa shape index (κ3) is 3.35. The lowest BCUT2D eigenvalue weighted by atomic mass is 9.99. The fraction of sp³-hybridized carbons (Fsp3) is 0.435. The minimum absolute atomic E-state index is 0.572. The van der Waals surface area contributed by atoms with Crippen LogP contribution in [0.5, 0.6) is 11.5 Å². The zero-order valence-electron chi connectivity index (χ0n) is 16.7. The fourth-order valence-corrected chi connectivity index (χ4v) is 4.32. The van der Waals surface area contributed by atoms with E-state index in [9.17, 15) is 5.11 Å². The van der Waals surface area contributed by atoms with Crippen LogP contribution in [0.4, 0.5) is 5.69 Å². The molecule has 0 unspecified atom stereocenters. The summed E-state index contributed by atoms with van der Waals surface area (Å²) in [6.07, 6.45) is 4.53. The Hall–Kier alpha value is -2.53. The first-order valence-corrected chi connectivity index (χ1v) is 10.2. The molecule has 28 heavy (non-hydrogen) atoms. The normalized spacial score (nSPS) is 22.0. The highest BCUT2D eigenvalue weighted by atomic mass is 16.5. The van der Waals surface area contributed by atoms with Gasteiger partial charge in [-0.25, -0.2) is 0 Å². The van der Waals surface area contributed by atoms with Crippen molar-refractivity contribution >= 4 is 11.5 Å². The van der Waals surface area contributed by atoms with E-state index in [1.165, 1.54) is 18.7 Å². The summed E-state index contributed by atoms with van der Waals surface area (Å²) in [7, 11) is 1.67. The number of rotatable bonds is 5. The van der Waals surface area contributed by atoms with Gasteiger partial charge in [-0.2, -0.15) is 4.90 Å². The van der Waals surface area contributed by atoms with Crippen molar-refractivity contribution in [2.75, 3.05) is 31.7 Å². The number of amidine groups is 1. The van der Waals surface area contributed by atoms with Gasteiger partial charge in [0.2, 0.25) is 0 Å². The molecule has 4 rings (SSSR count). The molecule has 0 fully saturated rings. The third-order valence-electron chi connectivity index (χ3n) is 5.69. The molecule has 2 aromatic carbocycles. The molecule has 0 aliphatic carbocycles. The van der Waals surface area contributed by atoms with Gasteiger partial charge in [0.05, 0.1) is 20.3 Å². The molecule has 0 spiro atoms. The number of methoxy groups -OCH3 is 1. The average molecular weight is 381 g/mol. The second-order valence-corrected chi connectivity index (χ2v) is 7.46. The van der Waals surface area contributed by atoms with Crippen LogP contribution in [0, 0.1) is 0 Å². The summed E-state index contributed by atoms with van der Waals surface area (Å²) in [6, 6.07) is 15.8. The number of anilines is 1. The minimum atomic E-state index is -1.11. The Morgan fingerprint density at radius 2 is 1.71 bits per heavy atom. The van der Waals surface area contributed by atoms with Crippen molar-refractivity contribution in [3.05, 3.63) is 54.1 Å². The van der Waals surface area contributed by atoms with Gasteiger partial charge in [0, 0.05) is 12.0 Å². The predicted octanol–water partition coefficient (Wildman–Crippen LogP) is 3.74. The first-order valence-electron chi connectivity index (χ1n) is 10.2. The van der Waals surface area contributed by atoms with Crippen LogP contribution < -0.4 is 14.4 Å². The van der Waals surface area contributed by atoms with Crippen molar-refractivity contribution in [2.24, 2.45) is 0 Å². The van der Waals surface area contributed by atoms with Gasteiger partial charge in [-0.05, 0) is 74.7 Å². The number of hydrogen-bond donors (Lipinski definition) is 1. The predicted molar refractivity (Wildman–Crippen MR) is 110 cm³/mol. The standard InChI is InChI=1S/C23H29N2O3/c1-3-28-21-12-8-18(9-13-21)23(26)17-24-16-6-4-5-7-22(24)25(23)19-10-14-20(27-2)15-11-19/h8-15,26H,3-7,16-17H2,1-2H3/q+1/t23-/m1/s1. The number of nitrogens with zero attached hydrogens (tertiary/aromatic N) is 2. The van der Waals surface area contributed by atoms with Gasteiger partial charge in [0.1, 0.15) is 17.2 Å². The van der Waals surface area contributed by atoms with Gasteiger partial charge in [-0.15, -0.1) is 0 Å². The van der Waals surface area contributed by atoms with E-state index < -0.39 is 5.72 Å². The summed E-state index contributed by atoms with van der Waals surface area (Å²) in [4.78, 5) is 2.12. The number of benzene rings is 2. The minimum Gasteiger partial charge on any atom is -0.497 e. The maximum absolute atomic E-state index is 11.9.